The number of hydrogen-bond donors (Lipinski definition) is 1. The molecule has 4 saturated carbocycles. The molecule has 1 aliphatic heterocycles. The lowest BCUT2D eigenvalue weighted by Gasteiger charge is -2.45. The van der Waals surface area contributed by atoms with Gasteiger partial charge in [0.05, 0.1) is 5.56 Å². The third-order valence-electron chi connectivity index (χ3n) is 7.84. The molecule has 0 spiro atoms. The molecule has 1 aromatic heterocycles. The molecule has 6 rings (SSSR count). The second-order valence-corrected chi connectivity index (χ2v) is 10.3. The fraction of sp³-hybridized carbons (Fsp3) is 0.773. The van der Waals surface area contributed by atoms with Gasteiger partial charge in [0.15, 0.2) is 5.69 Å². The first-order valence-electron chi connectivity index (χ1n) is 11.4. The standard InChI is InChI=1S/C22H27F5N4O/c23-21(24)3-5-31(6-4-21)18(32)16-12-28-19(29-17(16)22(25,26)27)30-20-2-1-13-7-14(10-20)9-15(8-13)11-20/h12-15H,1-11H2,(H,28,29,30). The van der Waals surface area contributed by atoms with E-state index in [0.29, 0.717) is 17.8 Å². The molecule has 4 bridgehead atoms. The van der Waals surface area contributed by atoms with E-state index in [-0.39, 0.29) is 24.6 Å². The molecule has 0 radical (unpaired) electrons. The minimum Gasteiger partial charge on any atom is -0.349 e. The molecule has 1 aromatic rings. The van der Waals surface area contributed by atoms with Crippen molar-refractivity contribution in [1.29, 1.82) is 0 Å². The zero-order chi connectivity index (χ0) is 22.7. The van der Waals surface area contributed by atoms with E-state index in [4.69, 9.17) is 0 Å². The van der Waals surface area contributed by atoms with Gasteiger partial charge in [0.25, 0.3) is 11.8 Å². The maximum atomic E-state index is 13.8. The SMILES string of the molecule is O=C(c1cnc(NC23CCC4CC(CC(C4)C2)C3)nc1C(F)(F)F)N1CCC(F)(F)CC1. The molecule has 1 N–H and O–H groups in total. The van der Waals surface area contributed by atoms with Crippen molar-refractivity contribution in [3.05, 3.63) is 17.5 Å². The maximum Gasteiger partial charge on any atom is 0.434 e. The number of halogens is 5. The van der Waals surface area contributed by atoms with Crippen LogP contribution in [0.1, 0.15) is 73.8 Å². The van der Waals surface area contributed by atoms with Crippen molar-refractivity contribution in [3.63, 3.8) is 0 Å². The van der Waals surface area contributed by atoms with E-state index in [9.17, 15) is 26.7 Å². The second-order valence-electron chi connectivity index (χ2n) is 10.3. The molecule has 5 fully saturated rings. The van der Waals surface area contributed by atoms with Gasteiger partial charge in [-0.3, -0.25) is 4.79 Å². The smallest absolute Gasteiger partial charge is 0.349 e. The van der Waals surface area contributed by atoms with Crippen molar-refractivity contribution in [2.24, 2.45) is 17.8 Å². The van der Waals surface area contributed by atoms with E-state index >= 15 is 0 Å². The molecular formula is C22H27F5N4O. The summed E-state index contributed by atoms with van der Waals surface area (Å²) in [6, 6.07) is 0. The number of fused-ring (bicyclic) bond motifs is 1. The highest BCUT2D eigenvalue weighted by atomic mass is 19.4. The Morgan fingerprint density at radius 1 is 1.03 bits per heavy atom. The van der Waals surface area contributed by atoms with E-state index in [1.807, 2.05) is 0 Å². The summed E-state index contributed by atoms with van der Waals surface area (Å²) in [5.41, 5.74) is -2.29. The molecule has 4 aliphatic carbocycles. The van der Waals surface area contributed by atoms with E-state index in [1.54, 1.807) is 0 Å². The highest BCUT2D eigenvalue weighted by Gasteiger charge is 2.48. The van der Waals surface area contributed by atoms with Crippen LogP contribution in [0.3, 0.4) is 0 Å². The summed E-state index contributed by atoms with van der Waals surface area (Å²) in [5.74, 6) is -2.09. The van der Waals surface area contributed by atoms with Crippen molar-refractivity contribution < 1.29 is 26.7 Å². The Kier molecular flexibility index (Phi) is 5.13. The Morgan fingerprint density at radius 3 is 2.28 bits per heavy atom. The van der Waals surface area contributed by atoms with Gasteiger partial charge in [-0.05, 0) is 62.7 Å². The lowest BCUT2D eigenvalue weighted by atomic mass is 9.65. The fourth-order valence-corrected chi connectivity index (χ4v) is 6.57. The lowest BCUT2D eigenvalue weighted by Crippen LogP contribution is -2.46. The highest BCUT2D eigenvalue weighted by molar-refractivity contribution is 5.95. The zero-order valence-corrected chi connectivity index (χ0v) is 17.7. The third kappa shape index (κ3) is 4.17. The molecule has 1 amide bonds. The summed E-state index contributed by atoms with van der Waals surface area (Å²) >= 11 is 0. The number of anilines is 1. The van der Waals surface area contributed by atoms with E-state index in [1.165, 1.54) is 19.3 Å². The Hall–Kier alpha value is -2.00. The van der Waals surface area contributed by atoms with Crippen molar-refractivity contribution >= 4 is 11.9 Å². The predicted octanol–water partition coefficient (Wildman–Crippen LogP) is 5.14. The molecule has 0 aromatic carbocycles. The first-order valence-corrected chi connectivity index (χ1v) is 11.4. The molecule has 5 aliphatic rings. The topological polar surface area (TPSA) is 58.1 Å². The lowest BCUT2D eigenvalue weighted by molar-refractivity contribution is -0.141. The summed E-state index contributed by atoms with van der Waals surface area (Å²) in [6.07, 6.45) is 2.26. The normalized spacial score (nSPS) is 33.8. The van der Waals surface area contributed by atoms with Gasteiger partial charge in [-0.1, -0.05) is 0 Å². The maximum absolute atomic E-state index is 13.8. The first kappa shape index (κ1) is 21.8. The van der Waals surface area contributed by atoms with Crippen LogP contribution in [0.15, 0.2) is 6.20 Å². The average molecular weight is 458 g/mol. The molecule has 2 atom stereocenters. The Morgan fingerprint density at radius 2 is 1.66 bits per heavy atom. The van der Waals surface area contributed by atoms with Gasteiger partial charge in [0, 0.05) is 37.7 Å². The third-order valence-corrected chi connectivity index (χ3v) is 7.84. The fourth-order valence-electron chi connectivity index (χ4n) is 6.57. The van der Waals surface area contributed by atoms with Crippen LogP contribution in [0.2, 0.25) is 0 Å². The van der Waals surface area contributed by atoms with Gasteiger partial charge < -0.3 is 10.2 Å². The van der Waals surface area contributed by atoms with Crippen LogP contribution in [0.5, 0.6) is 0 Å². The first-order chi connectivity index (χ1) is 15.0. The van der Waals surface area contributed by atoms with Crippen LogP contribution in [0.4, 0.5) is 27.9 Å². The van der Waals surface area contributed by atoms with Crippen LogP contribution in [-0.2, 0) is 6.18 Å². The summed E-state index contributed by atoms with van der Waals surface area (Å²) in [7, 11) is 0. The average Bonchev–Trinajstić information content (AvgIpc) is 2.90. The molecule has 10 heteroatoms. The minimum atomic E-state index is -4.86. The number of piperidine rings is 1. The molecule has 1 saturated heterocycles. The Balaban J connectivity index is 1.40. The number of carbonyl (C=O) groups is 1. The van der Waals surface area contributed by atoms with Crippen LogP contribution in [0.25, 0.3) is 0 Å². The van der Waals surface area contributed by atoms with Gasteiger partial charge in [0.2, 0.25) is 5.95 Å². The summed E-state index contributed by atoms with van der Waals surface area (Å²) in [6.45, 7) is -0.591. The monoisotopic (exact) mass is 458 g/mol. The number of hydrogen-bond acceptors (Lipinski definition) is 4. The summed E-state index contributed by atoms with van der Waals surface area (Å²) in [4.78, 5) is 21.6. The number of rotatable bonds is 3. The summed E-state index contributed by atoms with van der Waals surface area (Å²) in [5, 5.41) is 3.25. The molecule has 2 heterocycles. The molecule has 32 heavy (non-hydrogen) atoms. The molecule has 2 unspecified atom stereocenters. The number of aromatic nitrogens is 2. The molecular weight excluding hydrogens is 431 g/mol. The molecule has 176 valence electrons. The number of amides is 1. The van der Waals surface area contributed by atoms with Crippen molar-refractivity contribution in [3.8, 4) is 0 Å². The van der Waals surface area contributed by atoms with Gasteiger partial charge in [-0.15, -0.1) is 0 Å². The van der Waals surface area contributed by atoms with E-state index in [0.717, 1.165) is 36.8 Å². The van der Waals surface area contributed by atoms with Crippen LogP contribution < -0.4 is 5.32 Å². The molecule has 5 nitrogen and oxygen atoms in total. The Bertz CT molecular complexity index is 881. The minimum absolute atomic E-state index is 0.112. The highest BCUT2D eigenvalue weighted by Crippen LogP contribution is 2.53. The number of alkyl halides is 5. The van der Waals surface area contributed by atoms with Gasteiger partial charge in [-0.25, -0.2) is 18.7 Å². The number of nitrogens with zero attached hydrogens (tertiary/aromatic N) is 3. The summed E-state index contributed by atoms with van der Waals surface area (Å²) < 4.78 is 68.3. The van der Waals surface area contributed by atoms with Crippen molar-refractivity contribution in [1.82, 2.24) is 14.9 Å². The number of likely N-dealkylation sites (tertiary alicyclic amines) is 1. The van der Waals surface area contributed by atoms with E-state index < -0.39 is 42.1 Å². The predicted molar refractivity (Wildman–Crippen MR) is 106 cm³/mol. The van der Waals surface area contributed by atoms with Crippen molar-refractivity contribution in [2.45, 2.75) is 75.4 Å². The van der Waals surface area contributed by atoms with Gasteiger partial charge in [0.1, 0.15) is 0 Å². The van der Waals surface area contributed by atoms with Crippen molar-refractivity contribution in [2.75, 3.05) is 18.4 Å². The number of nitrogens with one attached hydrogen (secondary N) is 1. The number of carbonyl (C=O) groups excluding carboxylic acids is 1. The second kappa shape index (κ2) is 7.52. The largest absolute Gasteiger partial charge is 0.434 e. The van der Waals surface area contributed by atoms with Crippen LogP contribution >= 0.6 is 0 Å². The van der Waals surface area contributed by atoms with Crippen LogP contribution in [-0.4, -0.2) is 45.3 Å². The van der Waals surface area contributed by atoms with Crippen LogP contribution in [0, 0.1) is 17.8 Å². The van der Waals surface area contributed by atoms with E-state index in [2.05, 4.69) is 15.3 Å². The quantitative estimate of drug-likeness (QED) is 0.638. The zero-order valence-electron chi connectivity index (χ0n) is 17.7. The van der Waals surface area contributed by atoms with Gasteiger partial charge in [-0.2, -0.15) is 13.2 Å². The van der Waals surface area contributed by atoms with Gasteiger partial charge >= 0.3 is 6.18 Å². The Labute approximate surface area is 183 Å².